The molecule has 2 nitrogen and oxygen atoms in total. The first-order chi connectivity index (χ1) is 10.1. The van der Waals surface area contributed by atoms with Gasteiger partial charge in [0, 0.05) is 15.5 Å². The van der Waals surface area contributed by atoms with Gasteiger partial charge in [0.15, 0.2) is 0 Å². The zero-order valence-corrected chi connectivity index (χ0v) is 14.1. The molecule has 0 atom stereocenters. The summed E-state index contributed by atoms with van der Waals surface area (Å²) in [6.07, 6.45) is 2.02. The van der Waals surface area contributed by atoms with Crippen molar-refractivity contribution in [2.75, 3.05) is 17.3 Å². The maximum atomic E-state index is 12.0. The molecule has 110 valence electrons. The summed E-state index contributed by atoms with van der Waals surface area (Å²) in [5, 5.41) is 2.94. The van der Waals surface area contributed by atoms with Crippen molar-refractivity contribution in [3.63, 3.8) is 0 Å². The maximum Gasteiger partial charge on any atom is 0.234 e. The van der Waals surface area contributed by atoms with E-state index in [9.17, 15) is 4.79 Å². The number of carbonyl (C=O) groups is 1. The van der Waals surface area contributed by atoms with Gasteiger partial charge in [0.05, 0.1) is 5.75 Å². The minimum absolute atomic E-state index is 0.0261. The Labute approximate surface area is 134 Å². The van der Waals surface area contributed by atoms with Gasteiger partial charge in [0.25, 0.3) is 0 Å². The summed E-state index contributed by atoms with van der Waals surface area (Å²) in [6.45, 7) is 4.15. The standard InChI is InChI=1S/C17H19NOS2/c1-12-7-8-16(13(2)9-12)21-11-17(19)18-14-5-4-6-15(10-14)20-3/h4-10H,11H2,1-3H3,(H,18,19). The van der Waals surface area contributed by atoms with Crippen LogP contribution in [0.15, 0.2) is 52.3 Å². The molecule has 0 bridgehead atoms. The predicted molar refractivity (Wildman–Crippen MR) is 93.5 cm³/mol. The number of hydrogen-bond acceptors (Lipinski definition) is 3. The summed E-state index contributed by atoms with van der Waals surface area (Å²) in [6, 6.07) is 14.2. The molecule has 1 N–H and O–H groups in total. The van der Waals surface area contributed by atoms with E-state index in [1.165, 1.54) is 11.1 Å². The van der Waals surface area contributed by atoms with Crippen molar-refractivity contribution < 1.29 is 4.79 Å². The Balaban J connectivity index is 1.92. The fraction of sp³-hybridized carbons (Fsp3) is 0.235. The number of rotatable bonds is 5. The molecule has 2 aromatic rings. The molecule has 4 heteroatoms. The van der Waals surface area contributed by atoms with Crippen molar-refractivity contribution in [1.29, 1.82) is 0 Å². The quantitative estimate of drug-likeness (QED) is 0.806. The smallest absolute Gasteiger partial charge is 0.234 e. The number of carbonyl (C=O) groups excluding carboxylic acids is 1. The zero-order chi connectivity index (χ0) is 15.2. The van der Waals surface area contributed by atoms with Gasteiger partial charge in [0.1, 0.15) is 0 Å². The van der Waals surface area contributed by atoms with Gasteiger partial charge in [0.2, 0.25) is 5.91 Å². The lowest BCUT2D eigenvalue weighted by molar-refractivity contribution is -0.113. The van der Waals surface area contributed by atoms with Crippen LogP contribution in [0.25, 0.3) is 0 Å². The number of thioether (sulfide) groups is 2. The number of anilines is 1. The van der Waals surface area contributed by atoms with Gasteiger partial charge in [-0.05, 0) is 49.9 Å². The van der Waals surface area contributed by atoms with E-state index in [1.807, 2.05) is 30.5 Å². The number of nitrogens with one attached hydrogen (secondary N) is 1. The lowest BCUT2D eigenvalue weighted by Gasteiger charge is -2.08. The molecule has 0 radical (unpaired) electrons. The van der Waals surface area contributed by atoms with Gasteiger partial charge >= 0.3 is 0 Å². The van der Waals surface area contributed by atoms with Crippen molar-refractivity contribution in [3.8, 4) is 0 Å². The van der Waals surface area contributed by atoms with Crippen molar-refractivity contribution in [1.82, 2.24) is 0 Å². The Morgan fingerprint density at radius 3 is 2.67 bits per heavy atom. The van der Waals surface area contributed by atoms with Crippen LogP contribution in [-0.2, 0) is 4.79 Å². The first kappa shape index (κ1) is 16.0. The third kappa shape index (κ3) is 4.83. The number of benzene rings is 2. The lowest BCUT2D eigenvalue weighted by atomic mass is 10.2. The molecule has 2 aromatic carbocycles. The molecule has 2 rings (SSSR count). The highest BCUT2D eigenvalue weighted by molar-refractivity contribution is 8.00. The van der Waals surface area contributed by atoms with Crippen LogP contribution in [0.5, 0.6) is 0 Å². The molecular formula is C17H19NOS2. The van der Waals surface area contributed by atoms with Crippen LogP contribution in [-0.4, -0.2) is 17.9 Å². The monoisotopic (exact) mass is 317 g/mol. The molecule has 0 unspecified atom stereocenters. The fourth-order valence-electron chi connectivity index (χ4n) is 2.00. The summed E-state index contributed by atoms with van der Waals surface area (Å²) >= 11 is 3.24. The molecule has 0 aliphatic rings. The SMILES string of the molecule is CSc1cccc(NC(=O)CSc2ccc(C)cc2C)c1. The summed E-state index contributed by atoms with van der Waals surface area (Å²) in [4.78, 5) is 14.3. The number of aryl methyl sites for hydroxylation is 2. The molecule has 0 saturated heterocycles. The van der Waals surface area contributed by atoms with Crippen LogP contribution in [0.2, 0.25) is 0 Å². The van der Waals surface area contributed by atoms with E-state index in [-0.39, 0.29) is 5.91 Å². The van der Waals surface area contributed by atoms with Gasteiger partial charge in [-0.25, -0.2) is 0 Å². The lowest BCUT2D eigenvalue weighted by Crippen LogP contribution is -2.14. The molecule has 21 heavy (non-hydrogen) atoms. The Bertz CT molecular complexity index is 640. The Morgan fingerprint density at radius 2 is 1.95 bits per heavy atom. The van der Waals surface area contributed by atoms with Crippen molar-refractivity contribution in [3.05, 3.63) is 53.6 Å². The second kappa shape index (κ2) is 7.57. The average molecular weight is 317 g/mol. The van der Waals surface area contributed by atoms with Crippen molar-refractivity contribution in [2.45, 2.75) is 23.6 Å². The van der Waals surface area contributed by atoms with Crippen LogP contribution in [0.4, 0.5) is 5.69 Å². The molecule has 0 aromatic heterocycles. The first-order valence-corrected chi connectivity index (χ1v) is 8.93. The van der Waals surface area contributed by atoms with E-state index in [0.717, 1.165) is 15.5 Å². The van der Waals surface area contributed by atoms with E-state index in [1.54, 1.807) is 23.5 Å². The van der Waals surface area contributed by atoms with E-state index in [2.05, 4.69) is 37.4 Å². The highest BCUT2D eigenvalue weighted by Gasteiger charge is 2.06. The largest absolute Gasteiger partial charge is 0.325 e. The number of amides is 1. The van der Waals surface area contributed by atoms with Crippen LogP contribution >= 0.6 is 23.5 Å². The molecule has 0 aliphatic heterocycles. The minimum atomic E-state index is 0.0261. The average Bonchev–Trinajstić information content (AvgIpc) is 2.46. The van der Waals surface area contributed by atoms with Crippen LogP contribution < -0.4 is 5.32 Å². The fourth-order valence-corrected chi connectivity index (χ4v) is 3.27. The first-order valence-electron chi connectivity index (χ1n) is 6.72. The molecule has 1 amide bonds. The van der Waals surface area contributed by atoms with E-state index < -0.39 is 0 Å². The van der Waals surface area contributed by atoms with Crippen LogP contribution in [0.1, 0.15) is 11.1 Å². The molecule has 0 aliphatic carbocycles. The van der Waals surface area contributed by atoms with E-state index in [4.69, 9.17) is 0 Å². The third-order valence-electron chi connectivity index (χ3n) is 3.04. The molecule has 0 saturated carbocycles. The molecule has 0 fully saturated rings. The highest BCUT2D eigenvalue weighted by Crippen LogP contribution is 2.24. The molecule has 0 spiro atoms. The van der Waals surface area contributed by atoms with Gasteiger partial charge < -0.3 is 5.32 Å². The predicted octanol–water partition coefficient (Wildman–Crippen LogP) is 4.76. The summed E-state index contributed by atoms with van der Waals surface area (Å²) in [7, 11) is 0. The second-order valence-corrected chi connectivity index (χ2v) is 6.73. The molecule has 0 heterocycles. The summed E-state index contributed by atoms with van der Waals surface area (Å²) in [5.74, 6) is 0.450. The van der Waals surface area contributed by atoms with E-state index in [0.29, 0.717) is 5.75 Å². The summed E-state index contributed by atoms with van der Waals surface area (Å²) in [5.41, 5.74) is 3.32. The topological polar surface area (TPSA) is 29.1 Å². The highest BCUT2D eigenvalue weighted by atomic mass is 32.2. The Hall–Kier alpha value is -1.39. The number of hydrogen-bond donors (Lipinski definition) is 1. The van der Waals surface area contributed by atoms with E-state index >= 15 is 0 Å². The normalized spacial score (nSPS) is 10.4. The van der Waals surface area contributed by atoms with Crippen LogP contribution in [0.3, 0.4) is 0 Å². The van der Waals surface area contributed by atoms with Gasteiger partial charge in [-0.3, -0.25) is 4.79 Å². The zero-order valence-electron chi connectivity index (χ0n) is 12.5. The second-order valence-electron chi connectivity index (χ2n) is 4.84. The van der Waals surface area contributed by atoms with Gasteiger partial charge in [-0.1, -0.05) is 23.8 Å². The van der Waals surface area contributed by atoms with Gasteiger partial charge in [-0.15, -0.1) is 23.5 Å². The third-order valence-corrected chi connectivity index (χ3v) is 4.94. The summed E-state index contributed by atoms with van der Waals surface area (Å²) < 4.78 is 0. The Kier molecular flexibility index (Phi) is 5.76. The van der Waals surface area contributed by atoms with Crippen LogP contribution in [0, 0.1) is 13.8 Å². The Morgan fingerprint density at radius 1 is 1.14 bits per heavy atom. The molecular weight excluding hydrogens is 298 g/mol. The van der Waals surface area contributed by atoms with Crippen molar-refractivity contribution >= 4 is 35.1 Å². The minimum Gasteiger partial charge on any atom is -0.325 e. The van der Waals surface area contributed by atoms with Gasteiger partial charge in [-0.2, -0.15) is 0 Å². The van der Waals surface area contributed by atoms with Crippen molar-refractivity contribution in [2.24, 2.45) is 0 Å². The maximum absolute atomic E-state index is 12.0.